The molecular formula is C19H26N2. The molecule has 1 heterocycles. The Balaban J connectivity index is 1.75. The van der Waals surface area contributed by atoms with Crippen LogP contribution >= 0.6 is 0 Å². The Morgan fingerprint density at radius 2 is 2.00 bits per heavy atom. The second-order valence-electron chi connectivity index (χ2n) is 6.08. The Kier molecular flexibility index (Phi) is 4.76. The first kappa shape index (κ1) is 14.4. The maximum absolute atomic E-state index is 3.53. The molecule has 2 aromatic carbocycles. The minimum Gasteiger partial charge on any atom is -0.371 e. The summed E-state index contributed by atoms with van der Waals surface area (Å²) in [5, 5.41) is 6.25. The molecule has 1 atom stereocenters. The summed E-state index contributed by atoms with van der Waals surface area (Å²) in [6.07, 6.45) is 4.02. The van der Waals surface area contributed by atoms with Crippen molar-refractivity contribution < 1.29 is 0 Å². The van der Waals surface area contributed by atoms with Crippen LogP contribution in [0.1, 0.15) is 26.2 Å². The lowest BCUT2D eigenvalue weighted by atomic mass is 9.96. The molecule has 0 amide bonds. The van der Waals surface area contributed by atoms with Gasteiger partial charge in [-0.3, -0.25) is 0 Å². The molecule has 0 saturated carbocycles. The van der Waals surface area contributed by atoms with Gasteiger partial charge in [0.25, 0.3) is 0 Å². The van der Waals surface area contributed by atoms with E-state index in [0.717, 1.165) is 19.0 Å². The summed E-state index contributed by atoms with van der Waals surface area (Å²) >= 11 is 0. The molecule has 0 bridgehead atoms. The van der Waals surface area contributed by atoms with E-state index in [4.69, 9.17) is 0 Å². The van der Waals surface area contributed by atoms with Gasteiger partial charge in [0, 0.05) is 24.2 Å². The van der Waals surface area contributed by atoms with Gasteiger partial charge in [-0.2, -0.15) is 0 Å². The van der Waals surface area contributed by atoms with Crippen LogP contribution in [0.5, 0.6) is 0 Å². The second kappa shape index (κ2) is 6.95. The molecule has 0 aromatic heterocycles. The lowest BCUT2D eigenvalue weighted by Crippen LogP contribution is -2.33. The molecule has 112 valence electrons. The highest BCUT2D eigenvalue weighted by molar-refractivity contribution is 5.94. The number of nitrogens with one attached hydrogen (secondary N) is 1. The van der Waals surface area contributed by atoms with E-state index >= 15 is 0 Å². The van der Waals surface area contributed by atoms with E-state index < -0.39 is 0 Å². The lowest BCUT2D eigenvalue weighted by Gasteiger charge is -2.29. The molecule has 21 heavy (non-hydrogen) atoms. The summed E-state index contributed by atoms with van der Waals surface area (Å²) in [5.74, 6) is 0.850. The van der Waals surface area contributed by atoms with Crippen LogP contribution in [0, 0.1) is 5.92 Å². The summed E-state index contributed by atoms with van der Waals surface area (Å²) in [6.45, 7) is 6.91. The fourth-order valence-corrected chi connectivity index (χ4v) is 3.44. The van der Waals surface area contributed by atoms with Crippen molar-refractivity contribution in [2.45, 2.75) is 26.2 Å². The van der Waals surface area contributed by atoms with Gasteiger partial charge in [-0.15, -0.1) is 0 Å². The van der Waals surface area contributed by atoms with E-state index in [2.05, 4.69) is 59.6 Å². The lowest BCUT2D eigenvalue weighted by molar-refractivity contribution is 0.359. The number of benzene rings is 2. The van der Waals surface area contributed by atoms with Crippen LogP contribution in [0.25, 0.3) is 10.8 Å². The van der Waals surface area contributed by atoms with E-state index in [1.165, 1.54) is 48.8 Å². The Labute approximate surface area is 128 Å². The van der Waals surface area contributed by atoms with E-state index in [1.54, 1.807) is 0 Å². The highest BCUT2D eigenvalue weighted by Gasteiger charge is 2.15. The molecule has 3 rings (SSSR count). The average molecular weight is 282 g/mol. The zero-order valence-corrected chi connectivity index (χ0v) is 13.0. The number of piperidine rings is 1. The molecule has 1 aliphatic heterocycles. The minimum absolute atomic E-state index is 0.850. The van der Waals surface area contributed by atoms with Gasteiger partial charge in [0.1, 0.15) is 0 Å². The molecule has 2 heteroatoms. The molecule has 1 aliphatic rings. The van der Waals surface area contributed by atoms with Crippen molar-refractivity contribution in [3.05, 3.63) is 42.5 Å². The number of hydrogen-bond acceptors (Lipinski definition) is 2. The third-order valence-electron chi connectivity index (χ3n) is 4.70. The summed E-state index contributed by atoms with van der Waals surface area (Å²) < 4.78 is 0. The Hall–Kier alpha value is -1.54. The maximum atomic E-state index is 3.53. The Bertz CT molecular complexity index is 567. The Morgan fingerprint density at radius 1 is 1.14 bits per heavy atom. The second-order valence-corrected chi connectivity index (χ2v) is 6.08. The smallest absolute Gasteiger partial charge is 0.0445 e. The van der Waals surface area contributed by atoms with Gasteiger partial charge >= 0.3 is 0 Å². The van der Waals surface area contributed by atoms with Crippen molar-refractivity contribution in [2.75, 3.05) is 31.1 Å². The first-order chi connectivity index (χ1) is 10.4. The molecule has 0 spiro atoms. The molecule has 0 aliphatic carbocycles. The quantitative estimate of drug-likeness (QED) is 0.890. The van der Waals surface area contributed by atoms with Crippen molar-refractivity contribution in [1.29, 1.82) is 0 Å². The van der Waals surface area contributed by atoms with Crippen LogP contribution in [-0.2, 0) is 0 Å². The predicted molar refractivity (Wildman–Crippen MR) is 92.0 cm³/mol. The predicted octanol–water partition coefficient (Wildman–Crippen LogP) is 4.06. The summed E-state index contributed by atoms with van der Waals surface area (Å²) in [5.41, 5.74) is 1.39. The molecule has 1 unspecified atom stereocenters. The van der Waals surface area contributed by atoms with Crippen LogP contribution in [0.15, 0.2) is 42.5 Å². The Morgan fingerprint density at radius 3 is 2.81 bits per heavy atom. The fourth-order valence-electron chi connectivity index (χ4n) is 3.44. The third kappa shape index (κ3) is 3.38. The van der Waals surface area contributed by atoms with E-state index in [-0.39, 0.29) is 0 Å². The normalized spacial score (nSPS) is 18.8. The number of rotatable bonds is 5. The van der Waals surface area contributed by atoms with Gasteiger partial charge in [-0.05, 0) is 56.6 Å². The van der Waals surface area contributed by atoms with Crippen LogP contribution in [0.4, 0.5) is 5.69 Å². The molecule has 2 nitrogen and oxygen atoms in total. The summed E-state index contributed by atoms with van der Waals surface area (Å²) in [4.78, 5) is 2.54. The molecule has 0 radical (unpaired) electrons. The zero-order valence-electron chi connectivity index (χ0n) is 13.0. The van der Waals surface area contributed by atoms with E-state index in [9.17, 15) is 0 Å². The number of hydrogen-bond donors (Lipinski definition) is 1. The van der Waals surface area contributed by atoms with Gasteiger partial charge in [0.15, 0.2) is 0 Å². The molecule has 2 aromatic rings. The van der Waals surface area contributed by atoms with Crippen molar-refractivity contribution in [1.82, 2.24) is 5.32 Å². The van der Waals surface area contributed by atoms with Crippen LogP contribution in [0.3, 0.4) is 0 Å². The van der Waals surface area contributed by atoms with Gasteiger partial charge < -0.3 is 10.2 Å². The van der Waals surface area contributed by atoms with Crippen molar-refractivity contribution in [2.24, 2.45) is 5.92 Å². The fraction of sp³-hybridized carbons (Fsp3) is 0.474. The zero-order chi connectivity index (χ0) is 14.5. The maximum Gasteiger partial charge on any atom is 0.0445 e. The monoisotopic (exact) mass is 282 g/mol. The summed E-state index contributed by atoms with van der Waals surface area (Å²) in [7, 11) is 0. The molecule has 1 saturated heterocycles. The van der Waals surface area contributed by atoms with Crippen molar-refractivity contribution in [3.63, 3.8) is 0 Å². The first-order valence-corrected chi connectivity index (χ1v) is 8.32. The van der Waals surface area contributed by atoms with E-state index in [1.807, 2.05) is 0 Å². The first-order valence-electron chi connectivity index (χ1n) is 8.32. The minimum atomic E-state index is 0.850. The SMILES string of the molecule is CCN(CCC1CCCNC1)c1cccc2ccccc12. The van der Waals surface area contributed by atoms with Crippen LogP contribution < -0.4 is 10.2 Å². The average Bonchev–Trinajstić information content (AvgIpc) is 2.56. The highest BCUT2D eigenvalue weighted by Crippen LogP contribution is 2.27. The van der Waals surface area contributed by atoms with Gasteiger partial charge in [0.2, 0.25) is 0 Å². The molecular weight excluding hydrogens is 256 g/mol. The van der Waals surface area contributed by atoms with Gasteiger partial charge in [-0.25, -0.2) is 0 Å². The molecule has 1 N–H and O–H groups in total. The number of anilines is 1. The van der Waals surface area contributed by atoms with Crippen LogP contribution in [-0.4, -0.2) is 26.2 Å². The highest BCUT2D eigenvalue weighted by atomic mass is 15.1. The van der Waals surface area contributed by atoms with Gasteiger partial charge in [0.05, 0.1) is 0 Å². The largest absolute Gasteiger partial charge is 0.371 e. The van der Waals surface area contributed by atoms with Crippen molar-refractivity contribution in [3.8, 4) is 0 Å². The summed E-state index contributed by atoms with van der Waals surface area (Å²) in [6, 6.07) is 15.4. The third-order valence-corrected chi connectivity index (χ3v) is 4.70. The van der Waals surface area contributed by atoms with E-state index in [0.29, 0.717) is 0 Å². The standard InChI is InChI=1S/C19H26N2/c1-2-21(14-12-16-7-6-13-20-15-16)19-11-5-9-17-8-3-4-10-18(17)19/h3-5,8-11,16,20H,2,6-7,12-15H2,1H3. The van der Waals surface area contributed by atoms with Crippen molar-refractivity contribution >= 4 is 16.5 Å². The number of fused-ring (bicyclic) bond motifs is 1. The molecule has 1 fully saturated rings. The van der Waals surface area contributed by atoms with Crippen LogP contribution in [0.2, 0.25) is 0 Å². The number of nitrogens with zero attached hydrogens (tertiary/aromatic N) is 1. The topological polar surface area (TPSA) is 15.3 Å². The van der Waals surface area contributed by atoms with Gasteiger partial charge in [-0.1, -0.05) is 36.4 Å².